The van der Waals surface area contributed by atoms with Gasteiger partial charge in [0.05, 0.1) is 0 Å². The Morgan fingerprint density at radius 3 is 2.61 bits per heavy atom. The van der Waals surface area contributed by atoms with Gasteiger partial charge in [0.1, 0.15) is 0 Å². The molecule has 1 amide bonds. The Balaban J connectivity index is 1.68. The number of hydrogen-bond acceptors (Lipinski definition) is 2. The number of benzene rings is 1. The lowest BCUT2D eigenvalue weighted by Crippen LogP contribution is -2.28. The fourth-order valence-corrected chi connectivity index (χ4v) is 2.67. The van der Waals surface area contributed by atoms with E-state index >= 15 is 0 Å². The van der Waals surface area contributed by atoms with Gasteiger partial charge in [0.25, 0.3) is 0 Å². The molecule has 1 aliphatic heterocycles. The van der Waals surface area contributed by atoms with Gasteiger partial charge in [-0.1, -0.05) is 12.5 Å². The van der Waals surface area contributed by atoms with E-state index in [4.69, 9.17) is 0 Å². The summed E-state index contributed by atoms with van der Waals surface area (Å²) >= 11 is 0. The molecule has 96 valence electrons. The summed E-state index contributed by atoms with van der Waals surface area (Å²) in [4.78, 5) is 14.3. The van der Waals surface area contributed by atoms with Gasteiger partial charge in [0, 0.05) is 30.4 Å². The number of amides is 1. The van der Waals surface area contributed by atoms with Crippen molar-refractivity contribution in [3.63, 3.8) is 0 Å². The highest BCUT2D eigenvalue weighted by Gasteiger charge is 2.25. The van der Waals surface area contributed by atoms with Crippen molar-refractivity contribution in [3.8, 4) is 0 Å². The van der Waals surface area contributed by atoms with Gasteiger partial charge in [-0.15, -0.1) is 0 Å². The predicted octanol–water partition coefficient (Wildman–Crippen LogP) is 3.03. The molecular weight excluding hydrogens is 224 g/mol. The zero-order chi connectivity index (χ0) is 12.4. The Kier molecular flexibility index (Phi) is 3.22. The summed E-state index contributed by atoms with van der Waals surface area (Å²) in [5.74, 6) is 0.445. The topological polar surface area (TPSA) is 32.3 Å². The van der Waals surface area contributed by atoms with E-state index in [1.807, 2.05) is 12.1 Å². The normalized spacial score (nSPS) is 19.7. The van der Waals surface area contributed by atoms with Crippen molar-refractivity contribution in [3.05, 3.63) is 24.3 Å². The molecule has 0 aromatic heterocycles. The van der Waals surface area contributed by atoms with Crippen LogP contribution in [0.15, 0.2) is 24.3 Å². The number of carbonyl (C=O) groups is 1. The molecule has 3 rings (SSSR count). The molecule has 3 nitrogen and oxygen atoms in total. The molecule has 1 N–H and O–H groups in total. The molecule has 0 atom stereocenters. The average molecular weight is 244 g/mol. The van der Waals surface area contributed by atoms with Gasteiger partial charge >= 0.3 is 0 Å². The standard InChI is InChI=1S/C15H20N2O/c18-15(12-5-3-6-12)16-13-7-4-8-14(11-13)17-9-1-2-10-17/h4,7-8,11-12H,1-3,5-6,9-10H2,(H,16,18). The molecule has 1 heterocycles. The Morgan fingerprint density at radius 1 is 1.17 bits per heavy atom. The second-order valence-corrected chi connectivity index (χ2v) is 5.36. The minimum atomic E-state index is 0.194. The highest BCUT2D eigenvalue weighted by molar-refractivity contribution is 5.93. The van der Waals surface area contributed by atoms with E-state index in [0.717, 1.165) is 31.6 Å². The van der Waals surface area contributed by atoms with Crippen molar-refractivity contribution >= 4 is 17.3 Å². The number of anilines is 2. The molecule has 0 spiro atoms. The van der Waals surface area contributed by atoms with Crippen LogP contribution >= 0.6 is 0 Å². The van der Waals surface area contributed by atoms with E-state index in [9.17, 15) is 4.79 Å². The lowest BCUT2D eigenvalue weighted by atomic mass is 9.85. The monoisotopic (exact) mass is 244 g/mol. The maximum Gasteiger partial charge on any atom is 0.227 e. The van der Waals surface area contributed by atoms with Crippen molar-refractivity contribution in [2.45, 2.75) is 32.1 Å². The number of nitrogens with zero attached hydrogens (tertiary/aromatic N) is 1. The second kappa shape index (κ2) is 5.01. The summed E-state index contributed by atoms with van der Waals surface area (Å²) in [6, 6.07) is 8.24. The van der Waals surface area contributed by atoms with Crippen LogP contribution in [0.2, 0.25) is 0 Å². The van der Waals surface area contributed by atoms with Crippen molar-refractivity contribution < 1.29 is 4.79 Å². The van der Waals surface area contributed by atoms with Crippen LogP contribution in [0.5, 0.6) is 0 Å². The lowest BCUT2D eigenvalue weighted by Gasteiger charge is -2.24. The summed E-state index contributed by atoms with van der Waals surface area (Å²) in [7, 11) is 0. The summed E-state index contributed by atoms with van der Waals surface area (Å²) in [5.41, 5.74) is 2.18. The molecule has 1 aliphatic carbocycles. The summed E-state index contributed by atoms with van der Waals surface area (Å²) in [5, 5.41) is 3.04. The zero-order valence-corrected chi connectivity index (χ0v) is 10.7. The van der Waals surface area contributed by atoms with Crippen LogP contribution in [0, 0.1) is 5.92 Å². The summed E-state index contributed by atoms with van der Waals surface area (Å²) in [6.45, 7) is 2.28. The fraction of sp³-hybridized carbons (Fsp3) is 0.533. The van der Waals surface area contributed by atoms with Gasteiger partial charge in [-0.05, 0) is 43.9 Å². The lowest BCUT2D eigenvalue weighted by molar-refractivity contribution is -0.122. The van der Waals surface area contributed by atoms with Gasteiger partial charge in [0.2, 0.25) is 5.91 Å². The largest absolute Gasteiger partial charge is 0.371 e. The minimum Gasteiger partial charge on any atom is -0.371 e. The molecule has 1 aromatic carbocycles. The second-order valence-electron chi connectivity index (χ2n) is 5.36. The molecule has 0 radical (unpaired) electrons. The van der Waals surface area contributed by atoms with E-state index in [2.05, 4.69) is 22.3 Å². The maximum atomic E-state index is 11.9. The molecule has 2 aliphatic rings. The molecule has 2 fully saturated rings. The molecule has 1 aromatic rings. The van der Waals surface area contributed by atoms with Crippen molar-refractivity contribution in [1.29, 1.82) is 0 Å². The number of rotatable bonds is 3. The highest BCUT2D eigenvalue weighted by Crippen LogP contribution is 2.28. The molecule has 1 saturated carbocycles. The average Bonchev–Trinajstić information content (AvgIpc) is 2.80. The molecule has 0 unspecified atom stereocenters. The molecular formula is C15H20N2O. The fourth-order valence-electron chi connectivity index (χ4n) is 2.67. The first-order valence-electron chi connectivity index (χ1n) is 6.99. The number of carbonyl (C=O) groups excluding carboxylic acids is 1. The van der Waals surface area contributed by atoms with Crippen LogP contribution in [0.4, 0.5) is 11.4 Å². The molecule has 0 bridgehead atoms. The summed E-state index contributed by atoms with van der Waals surface area (Å²) < 4.78 is 0. The third-order valence-corrected chi connectivity index (χ3v) is 4.06. The van der Waals surface area contributed by atoms with Crippen molar-refractivity contribution in [2.75, 3.05) is 23.3 Å². The third-order valence-electron chi connectivity index (χ3n) is 4.06. The SMILES string of the molecule is O=C(Nc1cccc(N2CCCC2)c1)C1CCC1. The number of nitrogens with one attached hydrogen (secondary N) is 1. The Hall–Kier alpha value is -1.51. The van der Waals surface area contributed by atoms with Crippen LogP contribution in [-0.2, 0) is 4.79 Å². The van der Waals surface area contributed by atoms with Crippen LogP contribution < -0.4 is 10.2 Å². The smallest absolute Gasteiger partial charge is 0.227 e. The van der Waals surface area contributed by atoms with Crippen LogP contribution in [0.25, 0.3) is 0 Å². The first-order valence-corrected chi connectivity index (χ1v) is 6.99. The quantitative estimate of drug-likeness (QED) is 0.886. The molecule has 3 heteroatoms. The van der Waals surface area contributed by atoms with Gasteiger partial charge in [-0.25, -0.2) is 0 Å². The van der Waals surface area contributed by atoms with E-state index in [1.165, 1.54) is 24.9 Å². The highest BCUT2D eigenvalue weighted by atomic mass is 16.1. The van der Waals surface area contributed by atoms with Gasteiger partial charge in [-0.3, -0.25) is 4.79 Å². The maximum absolute atomic E-state index is 11.9. The predicted molar refractivity (Wildman–Crippen MR) is 73.9 cm³/mol. The van der Waals surface area contributed by atoms with Crippen molar-refractivity contribution in [2.24, 2.45) is 5.92 Å². The van der Waals surface area contributed by atoms with Gasteiger partial charge in [0.15, 0.2) is 0 Å². The Bertz CT molecular complexity index is 434. The number of hydrogen-bond donors (Lipinski definition) is 1. The van der Waals surface area contributed by atoms with E-state index < -0.39 is 0 Å². The van der Waals surface area contributed by atoms with Crippen LogP contribution in [0.3, 0.4) is 0 Å². The van der Waals surface area contributed by atoms with Gasteiger partial charge in [-0.2, -0.15) is 0 Å². The Labute approximate surface area is 108 Å². The third kappa shape index (κ3) is 2.35. The molecule has 18 heavy (non-hydrogen) atoms. The zero-order valence-electron chi connectivity index (χ0n) is 10.7. The van der Waals surface area contributed by atoms with E-state index in [1.54, 1.807) is 0 Å². The van der Waals surface area contributed by atoms with Crippen molar-refractivity contribution in [1.82, 2.24) is 0 Å². The van der Waals surface area contributed by atoms with Gasteiger partial charge < -0.3 is 10.2 Å². The Morgan fingerprint density at radius 2 is 1.94 bits per heavy atom. The van der Waals surface area contributed by atoms with E-state index in [-0.39, 0.29) is 11.8 Å². The van der Waals surface area contributed by atoms with E-state index in [0.29, 0.717) is 0 Å². The minimum absolute atomic E-state index is 0.194. The summed E-state index contributed by atoms with van der Waals surface area (Å²) in [6.07, 6.45) is 5.86. The van der Waals surface area contributed by atoms with Crippen LogP contribution in [-0.4, -0.2) is 19.0 Å². The molecule has 1 saturated heterocycles. The first kappa shape index (κ1) is 11.6. The van der Waals surface area contributed by atoms with Crippen LogP contribution in [0.1, 0.15) is 32.1 Å². The first-order chi connectivity index (χ1) is 8.83.